The zero-order valence-electron chi connectivity index (χ0n) is 14.2. The summed E-state index contributed by atoms with van der Waals surface area (Å²) in [5.41, 5.74) is 1.96. The van der Waals surface area contributed by atoms with Crippen LogP contribution in [0, 0.1) is 0 Å². The summed E-state index contributed by atoms with van der Waals surface area (Å²) in [5, 5.41) is 4.64. The molecule has 2 rings (SSSR count). The van der Waals surface area contributed by atoms with Crippen molar-refractivity contribution in [1.82, 2.24) is 5.32 Å². The van der Waals surface area contributed by atoms with Gasteiger partial charge in [0.25, 0.3) is 0 Å². The van der Waals surface area contributed by atoms with E-state index in [4.69, 9.17) is 32.7 Å². The summed E-state index contributed by atoms with van der Waals surface area (Å²) in [7, 11) is 1.61. The largest absolute Gasteiger partial charge is 0.493 e. The van der Waals surface area contributed by atoms with Crippen LogP contribution < -0.4 is 14.8 Å². The van der Waals surface area contributed by atoms with Gasteiger partial charge in [-0.3, -0.25) is 0 Å². The molecule has 24 heavy (non-hydrogen) atoms. The maximum absolute atomic E-state index is 6.40. The van der Waals surface area contributed by atoms with E-state index in [2.05, 4.69) is 19.2 Å². The molecule has 0 unspecified atom stereocenters. The van der Waals surface area contributed by atoms with Crippen molar-refractivity contribution in [3.8, 4) is 11.5 Å². The molecule has 3 nitrogen and oxygen atoms in total. The maximum Gasteiger partial charge on any atom is 0.180 e. The molecule has 2 aromatic carbocycles. The Morgan fingerprint density at radius 1 is 1.12 bits per heavy atom. The van der Waals surface area contributed by atoms with Crippen LogP contribution in [0.25, 0.3) is 0 Å². The van der Waals surface area contributed by atoms with Gasteiger partial charge in [-0.05, 0) is 37.1 Å². The lowest BCUT2D eigenvalue weighted by atomic mass is 10.1. The Labute approximate surface area is 153 Å². The number of hydrogen-bond donors (Lipinski definition) is 1. The molecule has 0 saturated heterocycles. The molecule has 0 amide bonds. The van der Waals surface area contributed by atoms with Gasteiger partial charge in [-0.15, -0.1) is 0 Å². The van der Waals surface area contributed by atoms with E-state index >= 15 is 0 Å². The summed E-state index contributed by atoms with van der Waals surface area (Å²) >= 11 is 12.6. The van der Waals surface area contributed by atoms with Crippen LogP contribution in [0.15, 0.2) is 36.4 Å². The highest BCUT2D eigenvalue weighted by atomic mass is 35.5. The first-order valence-electron chi connectivity index (χ1n) is 8.01. The van der Waals surface area contributed by atoms with E-state index in [1.165, 1.54) is 0 Å². The Kier molecular flexibility index (Phi) is 7.22. The number of halogens is 2. The summed E-state index contributed by atoms with van der Waals surface area (Å²) in [5.74, 6) is 1.15. The van der Waals surface area contributed by atoms with E-state index in [-0.39, 0.29) is 0 Å². The predicted molar refractivity (Wildman–Crippen MR) is 100 cm³/mol. The molecule has 0 aliphatic heterocycles. The summed E-state index contributed by atoms with van der Waals surface area (Å²) in [4.78, 5) is 0. The first kappa shape index (κ1) is 18.9. The molecule has 1 N–H and O–H groups in total. The SMILES string of the molecule is CC[C@H](C)NCc1cc(Cl)c(OCc2ccccc2Cl)c(OC)c1. The third kappa shape index (κ3) is 5.04. The maximum atomic E-state index is 6.40. The Hall–Kier alpha value is -1.42. The van der Waals surface area contributed by atoms with Crippen molar-refractivity contribution in [2.75, 3.05) is 7.11 Å². The molecule has 1 atom stereocenters. The van der Waals surface area contributed by atoms with E-state index in [1.807, 2.05) is 36.4 Å². The molecule has 130 valence electrons. The van der Waals surface area contributed by atoms with Crippen LogP contribution in [0.3, 0.4) is 0 Å². The van der Waals surface area contributed by atoms with Crippen molar-refractivity contribution in [2.24, 2.45) is 0 Å². The van der Waals surface area contributed by atoms with Gasteiger partial charge in [-0.2, -0.15) is 0 Å². The molecular weight excluding hydrogens is 345 g/mol. The molecule has 0 bridgehead atoms. The summed E-state index contributed by atoms with van der Waals surface area (Å²) in [6.07, 6.45) is 1.07. The third-order valence-electron chi connectivity index (χ3n) is 3.89. The average Bonchev–Trinajstić information content (AvgIpc) is 2.59. The van der Waals surface area contributed by atoms with Crippen molar-refractivity contribution in [3.05, 3.63) is 57.6 Å². The molecule has 0 aliphatic carbocycles. The summed E-state index contributed by atoms with van der Waals surface area (Å²) in [6.45, 7) is 5.37. The lowest BCUT2D eigenvalue weighted by Crippen LogP contribution is -2.24. The topological polar surface area (TPSA) is 30.5 Å². The third-order valence-corrected chi connectivity index (χ3v) is 4.54. The van der Waals surface area contributed by atoms with Crippen molar-refractivity contribution < 1.29 is 9.47 Å². The van der Waals surface area contributed by atoms with Crippen molar-refractivity contribution >= 4 is 23.2 Å². The standard InChI is InChI=1S/C19H23Cl2NO2/c1-4-13(2)22-11-14-9-17(21)19(18(10-14)23-3)24-12-15-7-5-6-8-16(15)20/h5-10,13,22H,4,11-12H2,1-3H3/t13-/m0/s1. The number of nitrogens with one attached hydrogen (secondary N) is 1. The fourth-order valence-electron chi connectivity index (χ4n) is 2.22. The van der Waals surface area contributed by atoms with Crippen LogP contribution in [-0.4, -0.2) is 13.2 Å². The lowest BCUT2D eigenvalue weighted by molar-refractivity contribution is 0.284. The van der Waals surface area contributed by atoms with E-state index in [1.54, 1.807) is 7.11 Å². The number of hydrogen-bond acceptors (Lipinski definition) is 3. The highest BCUT2D eigenvalue weighted by molar-refractivity contribution is 6.32. The molecule has 0 heterocycles. The van der Waals surface area contributed by atoms with Gasteiger partial charge < -0.3 is 14.8 Å². The van der Waals surface area contributed by atoms with Gasteiger partial charge >= 0.3 is 0 Å². The normalized spacial score (nSPS) is 12.0. The minimum absolute atomic E-state index is 0.334. The molecule has 0 saturated carbocycles. The first-order valence-corrected chi connectivity index (χ1v) is 8.76. The first-order chi connectivity index (χ1) is 11.5. The lowest BCUT2D eigenvalue weighted by Gasteiger charge is -2.16. The second-order valence-electron chi connectivity index (χ2n) is 5.68. The molecule has 2 aromatic rings. The zero-order chi connectivity index (χ0) is 17.5. The molecule has 5 heteroatoms. The van der Waals surface area contributed by atoms with Crippen LogP contribution in [-0.2, 0) is 13.2 Å². The van der Waals surface area contributed by atoms with Gasteiger partial charge in [0.2, 0.25) is 0 Å². The predicted octanol–water partition coefficient (Wildman–Crippen LogP) is 5.47. The highest BCUT2D eigenvalue weighted by Gasteiger charge is 2.13. The number of benzene rings is 2. The smallest absolute Gasteiger partial charge is 0.180 e. The molecular formula is C19H23Cl2NO2. The van der Waals surface area contributed by atoms with Gasteiger partial charge in [0.1, 0.15) is 6.61 Å². The van der Waals surface area contributed by atoms with Crippen LogP contribution >= 0.6 is 23.2 Å². The van der Waals surface area contributed by atoms with Gasteiger partial charge in [0.15, 0.2) is 11.5 Å². The van der Waals surface area contributed by atoms with Crippen LogP contribution in [0.5, 0.6) is 11.5 Å². The molecule has 0 aromatic heterocycles. The van der Waals surface area contributed by atoms with E-state index < -0.39 is 0 Å². The van der Waals surface area contributed by atoms with Crippen molar-refractivity contribution in [1.29, 1.82) is 0 Å². The molecule has 0 aliphatic rings. The monoisotopic (exact) mass is 367 g/mol. The van der Waals surface area contributed by atoms with Gasteiger partial charge in [0.05, 0.1) is 12.1 Å². The van der Waals surface area contributed by atoms with Crippen LogP contribution in [0.1, 0.15) is 31.4 Å². The zero-order valence-corrected chi connectivity index (χ0v) is 15.7. The second kappa shape index (κ2) is 9.16. The Bertz CT molecular complexity index is 676. The van der Waals surface area contributed by atoms with Gasteiger partial charge in [-0.25, -0.2) is 0 Å². The fraction of sp³-hybridized carbons (Fsp3) is 0.368. The second-order valence-corrected chi connectivity index (χ2v) is 6.49. The van der Waals surface area contributed by atoms with Crippen molar-refractivity contribution in [2.45, 2.75) is 39.5 Å². The quantitative estimate of drug-likeness (QED) is 0.670. The Morgan fingerprint density at radius 3 is 2.54 bits per heavy atom. The molecule has 0 radical (unpaired) electrons. The van der Waals surface area contributed by atoms with E-state index in [9.17, 15) is 0 Å². The van der Waals surface area contributed by atoms with Crippen LogP contribution in [0.2, 0.25) is 10.0 Å². The minimum Gasteiger partial charge on any atom is -0.493 e. The number of rotatable bonds is 8. The van der Waals surface area contributed by atoms with Gasteiger partial charge in [0, 0.05) is 23.2 Å². The highest BCUT2D eigenvalue weighted by Crippen LogP contribution is 2.37. The van der Waals surface area contributed by atoms with E-state index in [0.29, 0.717) is 34.2 Å². The number of ether oxygens (including phenoxy) is 2. The summed E-state index contributed by atoms with van der Waals surface area (Å²) < 4.78 is 11.3. The average molecular weight is 368 g/mol. The minimum atomic E-state index is 0.334. The molecule has 0 fully saturated rings. The molecule has 0 spiro atoms. The fourth-order valence-corrected chi connectivity index (χ4v) is 2.70. The Balaban J connectivity index is 2.13. The Morgan fingerprint density at radius 2 is 1.88 bits per heavy atom. The van der Waals surface area contributed by atoms with Gasteiger partial charge in [-0.1, -0.05) is 48.3 Å². The summed E-state index contributed by atoms with van der Waals surface area (Å²) in [6, 6.07) is 11.9. The van der Waals surface area contributed by atoms with Crippen molar-refractivity contribution in [3.63, 3.8) is 0 Å². The van der Waals surface area contributed by atoms with E-state index in [0.717, 1.165) is 24.1 Å². The van der Waals surface area contributed by atoms with Crippen LogP contribution in [0.4, 0.5) is 0 Å². The number of methoxy groups -OCH3 is 1.